The van der Waals surface area contributed by atoms with Gasteiger partial charge in [0.25, 0.3) is 5.91 Å². The van der Waals surface area contributed by atoms with Crippen molar-refractivity contribution < 1.29 is 19.2 Å². The van der Waals surface area contributed by atoms with Gasteiger partial charge in [-0.1, -0.05) is 5.16 Å². The minimum absolute atomic E-state index is 0.0889. The molecule has 0 fully saturated rings. The summed E-state index contributed by atoms with van der Waals surface area (Å²) in [7, 11) is 1.48. The van der Waals surface area contributed by atoms with Crippen LogP contribution in [0.2, 0.25) is 0 Å². The highest BCUT2D eigenvalue weighted by Crippen LogP contribution is 2.04. The summed E-state index contributed by atoms with van der Waals surface area (Å²) in [6.45, 7) is 3.51. The van der Waals surface area contributed by atoms with Crippen molar-refractivity contribution in [3.8, 4) is 0 Å². The van der Waals surface area contributed by atoms with Gasteiger partial charge in [0, 0.05) is 19.7 Å². The SMILES string of the molecule is COCC(C)(O)CNC(=O)c1cc(C)on1. The molecule has 0 saturated heterocycles. The summed E-state index contributed by atoms with van der Waals surface area (Å²) in [4.78, 5) is 11.5. The number of amides is 1. The second-order valence-corrected chi connectivity index (χ2v) is 3.94. The Morgan fingerprint density at radius 2 is 2.44 bits per heavy atom. The second-order valence-electron chi connectivity index (χ2n) is 3.94. The fourth-order valence-corrected chi connectivity index (χ4v) is 1.20. The number of nitrogens with one attached hydrogen (secondary N) is 1. The molecule has 1 aromatic rings. The lowest BCUT2D eigenvalue weighted by Crippen LogP contribution is -2.43. The molecule has 1 aromatic heterocycles. The molecule has 1 unspecified atom stereocenters. The molecule has 0 saturated carbocycles. The van der Waals surface area contributed by atoms with Gasteiger partial charge in [0.05, 0.1) is 6.61 Å². The number of hydrogen-bond acceptors (Lipinski definition) is 5. The van der Waals surface area contributed by atoms with Crippen LogP contribution in [0.3, 0.4) is 0 Å². The number of nitrogens with zero attached hydrogens (tertiary/aromatic N) is 1. The number of carbonyl (C=O) groups is 1. The lowest BCUT2D eigenvalue weighted by atomic mass is 10.1. The van der Waals surface area contributed by atoms with Crippen LogP contribution in [0.15, 0.2) is 10.6 Å². The van der Waals surface area contributed by atoms with E-state index in [-0.39, 0.29) is 24.8 Å². The molecule has 16 heavy (non-hydrogen) atoms. The van der Waals surface area contributed by atoms with E-state index in [1.54, 1.807) is 13.8 Å². The van der Waals surface area contributed by atoms with Gasteiger partial charge < -0.3 is 19.7 Å². The van der Waals surface area contributed by atoms with Crippen LogP contribution in [0.25, 0.3) is 0 Å². The average molecular weight is 228 g/mol. The molecule has 1 atom stereocenters. The molecule has 1 amide bonds. The molecule has 2 N–H and O–H groups in total. The third-order valence-corrected chi connectivity index (χ3v) is 1.95. The molecule has 1 heterocycles. The Balaban J connectivity index is 2.47. The molecule has 0 spiro atoms. The summed E-state index contributed by atoms with van der Waals surface area (Å²) < 4.78 is 9.58. The minimum atomic E-state index is -1.09. The number of methoxy groups -OCH3 is 1. The highest BCUT2D eigenvalue weighted by atomic mass is 16.5. The topological polar surface area (TPSA) is 84.6 Å². The molecule has 0 bridgehead atoms. The van der Waals surface area contributed by atoms with Crippen molar-refractivity contribution >= 4 is 5.91 Å². The first-order valence-electron chi connectivity index (χ1n) is 4.87. The minimum Gasteiger partial charge on any atom is -0.386 e. The molecule has 0 aliphatic carbocycles. The smallest absolute Gasteiger partial charge is 0.273 e. The zero-order valence-electron chi connectivity index (χ0n) is 9.61. The summed E-state index contributed by atoms with van der Waals surface area (Å²) >= 11 is 0. The Labute approximate surface area is 93.6 Å². The summed E-state index contributed by atoms with van der Waals surface area (Å²) in [5.41, 5.74) is -0.894. The van der Waals surface area contributed by atoms with Gasteiger partial charge in [-0.05, 0) is 13.8 Å². The van der Waals surface area contributed by atoms with Crippen molar-refractivity contribution in [3.63, 3.8) is 0 Å². The van der Waals surface area contributed by atoms with E-state index < -0.39 is 5.60 Å². The van der Waals surface area contributed by atoms with Gasteiger partial charge in [0.2, 0.25) is 0 Å². The van der Waals surface area contributed by atoms with E-state index in [9.17, 15) is 9.90 Å². The van der Waals surface area contributed by atoms with Gasteiger partial charge in [-0.3, -0.25) is 4.79 Å². The number of aromatic nitrogens is 1. The molecule has 0 aliphatic heterocycles. The van der Waals surface area contributed by atoms with Crippen molar-refractivity contribution in [1.82, 2.24) is 10.5 Å². The zero-order chi connectivity index (χ0) is 12.2. The third kappa shape index (κ3) is 3.63. The van der Waals surface area contributed by atoms with Gasteiger partial charge in [0.1, 0.15) is 11.4 Å². The van der Waals surface area contributed by atoms with Gasteiger partial charge in [0.15, 0.2) is 5.69 Å². The Hall–Kier alpha value is -1.40. The Kier molecular flexibility index (Phi) is 4.03. The first kappa shape index (κ1) is 12.7. The van der Waals surface area contributed by atoms with E-state index in [0.717, 1.165) is 0 Å². The van der Waals surface area contributed by atoms with Crippen LogP contribution in [0.5, 0.6) is 0 Å². The summed E-state index contributed by atoms with van der Waals surface area (Å²) in [6.07, 6.45) is 0. The molecule has 6 nitrogen and oxygen atoms in total. The average Bonchev–Trinajstić information content (AvgIpc) is 2.61. The largest absolute Gasteiger partial charge is 0.386 e. The second kappa shape index (κ2) is 5.09. The van der Waals surface area contributed by atoms with Gasteiger partial charge in [-0.15, -0.1) is 0 Å². The number of carbonyl (C=O) groups excluding carboxylic acids is 1. The van der Waals surface area contributed by atoms with E-state index in [0.29, 0.717) is 5.76 Å². The quantitative estimate of drug-likeness (QED) is 0.747. The predicted molar refractivity (Wildman–Crippen MR) is 56.1 cm³/mol. The predicted octanol–water partition coefficient (Wildman–Crippen LogP) is 0.110. The van der Waals surface area contributed by atoms with E-state index in [2.05, 4.69) is 10.5 Å². The Morgan fingerprint density at radius 1 is 1.75 bits per heavy atom. The molecular weight excluding hydrogens is 212 g/mol. The summed E-state index contributed by atoms with van der Waals surface area (Å²) in [5, 5.41) is 15.8. The number of rotatable bonds is 5. The van der Waals surface area contributed by atoms with Crippen LogP contribution < -0.4 is 5.32 Å². The fourth-order valence-electron chi connectivity index (χ4n) is 1.20. The van der Waals surface area contributed by atoms with Gasteiger partial charge >= 0.3 is 0 Å². The molecule has 0 radical (unpaired) electrons. The van der Waals surface area contributed by atoms with Crippen LogP contribution in [0.4, 0.5) is 0 Å². The molecule has 0 aliphatic rings. The highest BCUT2D eigenvalue weighted by molar-refractivity contribution is 5.92. The maximum atomic E-state index is 11.5. The van der Waals surface area contributed by atoms with Crippen molar-refractivity contribution in [2.75, 3.05) is 20.3 Å². The number of aliphatic hydroxyl groups is 1. The zero-order valence-corrected chi connectivity index (χ0v) is 9.61. The lowest BCUT2D eigenvalue weighted by molar-refractivity contribution is -0.0147. The third-order valence-electron chi connectivity index (χ3n) is 1.95. The Bertz CT molecular complexity index is 359. The lowest BCUT2D eigenvalue weighted by Gasteiger charge is -2.22. The van der Waals surface area contributed by atoms with Crippen molar-refractivity contribution in [2.24, 2.45) is 0 Å². The number of aryl methyl sites for hydroxylation is 1. The number of hydrogen-bond donors (Lipinski definition) is 2. The fraction of sp³-hybridized carbons (Fsp3) is 0.600. The summed E-state index contributed by atoms with van der Waals surface area (Å²) in [6, 6.07) is 1.53. The van der Waals surface area contributed by atoms with E-state index in [1.165, 1.54) is 13.2 Å². The standard InChI is InChI=1S/C10H16N2O4/c1-7-4-8(12-16-7)9(13)11-5-10(2,14)6-15-3/h4,14H,5-6H2,1-3H3,(H,11,13). The van der Waals surface area contributed by atoms with Crippen LogP contribution in [-0.4, -0.2) is 42.0 Å². The van der Waals surface area contributed by atoms with Crippen LogP contribution >= 0.6 is 0 Å². The normalized spacial score (nSPS) is 14.5. The molecule has 6 heteroatoms. The van der Waals surface area contributed by atoms with Crippen LogP contribution in [0, 0.1) is 6.92 Å². The molecule has 90 valence electrons. The Morgan fingerprint density at radius 3 is 2.94 bits per heavy atom. The first-order valence-corrected chi connectivity index (χ1v) is 4.87. The van der Waals surface area contributed by atoms with E-state index >= 15 is 0 Å². The maximum absolute atomic E-state index is 11.5. The monoisotopic (exact) mass is 228 g/mol. The van der Waals surface area contributed by atoms with Crippen molar-refractivity contribution in [3.05, 3.63) is 17.5 Å². The van der Waals surface area contributed by atoms with E-state index in [1.807, 2.05) is 0 Å². The maximum Gasteiger partial charge on any atom is 0.273 e. The number of ether oxygens (including phenoxy) is 1. The van der Waals surface area contributed by atoms with E-state index in [4.69, 9.17) is 9.26 Å². The molecular formula is C10H16N2O4. The van der Waals surface area contributed by atoms with Gasteiger partial charge in [-0.25, -0.2) is 0 Å². The highest BCUT2D eigenvalue weighted by Gasteiger charge is 2.22. The van der Waals surface area contributed by atoms with Crippen molar-refractivity contribution in [1.29, 1.82) is 0 Å². The van der Waals surface area contributed by atoms with Crippen LogP contribution in [-0.2, 0) is 4.74 Å². The molecule has 0 aromatic carbocycles. The van der Waals surface area contributed by atoms with Crippen molar-refractivity contribution in [2.45, 2.75) is 19.4 Å². The first-order chi connectivity index (χ1) is 7.44. The molecule has 1 rings (SSSR count). The summed E-state index contributed by atoms with van der Waals surface area (Å²) in [5.74, 6) is 0.182. The van der Waals surface area contributed by atoms with Crippen LogP contribution in [0.1, 0.15) is 23.2 Å². The van der Waals surface area contributed by atoms with Gasteiger partial charge in [-0.2, -0.15) is 0 Å².